The van der Waals surface area contributed by atoms with Gasteiger partial charge in [-0.05, 0) is 34.6 Å². The third kappa shape index (κ3) is 2.05. The van der Waals surface area contributed by atoms with Crippen molar-refractivity contribution < 1.29 is 14.3 Å². The maximum atomic E-state index is 11.8. The average molecular weight is 286 g/mol. The molecule has 2 rings (SSSR count). The van der Waals surface area contributed by atoms with Crippen molar-refractivity contribution in [2.45, 2.75) is 6.42 Å². The van der Waals surface area contributed by atoms with Gasteiger partial charge in [0.25, 0.3) is 0 Å². The molecule has 5 heteroatoms. The number of hydrogen-bond acceptors (Lipinski definition) is 4. The zero-order chi connectivity index (χ0) is 11.5. The SMILES string of the molecule is NCCC(=O)c1ccc(Br)c2c1OCCO2. The van der Waals surface area contributed by atoms with Gasteiger partial charge in [0.2, 0.25) is 0 Å². The van der Waals surface area contributed by atoms with E-state index in [0.717, 1.165) is 4.47 Å². The van der Waals surface area contributed by atoms with Crippen LogP contribution in [0.25, 0.3) is 0 Å². The number of ketones is 1. The molecule has 4 nitrogen and oxygen atoms in total. The number of carbonyl (C=O) groups is 1. The lowest BCUT2D eigenvalue weighted by molar-refractivity contribution is 0.0974. The molecular formula is C11H12BrNO3. The molecule has 2 N–H and O–H groups in total. The second-order valence-corrected chi connectivity index (χ2v) is 4.27. The van der Waals surface area contributed by atoms with E-state index in [0.29, 0.717) is 43.2 Å². The highest BCUT2D eigenvalue weighted by Crippen LogP contribution is 2.40. The predicted octanol–water partition coefficient (Wildman–Crippen LogP) is 1.75. The second-order valence-electron chi connectivity index (χ2n) is 3.41. The van der Waals surface area contributed by atoms with E-state index < -0.39 is 0 Å². The molecule has 0 saturated carbocycles. The van der Waals surface area contributed by atoms with Crippen molar-refractivity contribution >= 4 is 21.7 Å². The van der Waals surface area contributed by atoms with Crippen LogP contribution in [0.3, 0.4) is 0 Å². The van der Waals surface area contributed by atoms with Gasteiger partial charge in [0.15, 0.2) is 17.3 Å². The lowest BCUT2D eigenvalue weighted by atomic mass is 10.1. The molecule has 0 amide bonds. The maximum absolute atomic E-state index is 11.8. The Hall–Kier alpha value is -1.07. The van der Waals surface area contributed by atoms with Gasteiger partial charge in [-0.3, -0.25) is 4.79 Å². The van der Waals surface area contributed by atoms with E-state index in [2.05, 4.69) is 15.9 Å². The van der Waals surface area contributed by atoms with Crippen LogP contribution in [-0.4, -0.2) is 25.5 Å². The molecule has 86 valence electrons. The highest BCUT2D eigenvalue weighted by Gasteiger charge is 2.22. The molecule has 0 atom stereocenters. The van der Waals surface area contributed by atoms with Crippen LogP contribution in [0.4, 0.5) is 0 Å². The number of halogens is 1. The van der Waals surface area contributed by atoms with Crippen LogP contribution in [0.1, 0.15) is 16.8 Å². The summed E-state index contributed by atoms with van der Waals surface area (Å²) in [5.74, 6) is 1.12. The van der Waals surface area contributed by atoms with Crippen molar-refractivity contribution in [3.8, 4) is 11.5 Å². The second kappa shape index (κ2) is 4.84. The van der Waals surface area contributed by atoms with Crippen molar-refractivity contribution in [1.29, 1.82) is 0 Å². The molecule has 0 spiro atoms. The highest BCUT2D eigenvalue weighted by atomic mass is 79.9. The predicted molar refractivity (Wildman–Crippen MR) is 63.1 cm³/mol. The number of carbonyl (C=O) groups excluding carboxylic acids is 1. The van der Waals surface area contributed by atoms with Crippen LogP contribution in [0.15, 0.2) is 16.6 Å². The summed E-state index contributed by atoms with van der Waals surface area (Å²) < 4.78 is 11.8. The van der Waals surface area contributed by atoms with Gasteiger partial charge in [-0.25, -0.2) is 0 Å². The highest BCUT2D eigenvalue weighted by molar-refractivity contribution is 9.10. The van der Waals surface area contributed by atoms with Crippen molar-refractivity contribution in [1.82, 2.24) is 0 Å². The molecule has 0 bridgehead atoms. The third-order valence-corrected chi connectivity index (χ3v) is 2.94. The third-order valence-electron chi connectivity index (χ3n) is 2.31. The van der Waals surface area contributed by atoms with Gasteiger partial charge in [0, 0.05) is 6.42 Å². The summed E-state index contributed by atoms with van der Waals surface area (Å²) in [6.07, 6.45) is 0.317. The van der Waals surface area contributed by atoms with Gasteiger partial charge >= 0.3 is 0 Å². The van der Waals surface area contributed by atoms with E-state index in [1.165, 1.54) is 0 Å². The first kappa shape index (κ1) is 11.4. The van der Waals surface area contributed by atoms with Gasteiger partial charge in [-0.15, -0.1) is 0 Å². The molecule has 0 fully saturated rings. The van der Waals surface area contributed by atoms with Crippen LogP contribution < -0.4 is 15.2 Å². The molecule has 0 aromatic heterocycles. The van der Waals surface area contributed by atoms with E-state index in [1.54, 1.807) is 12.1 Å². The molecule has 1 aliphatic rings. The Bertz CT molecular complexity index is 420. The Morgan fingerprint density at radius 1 is 1.31 bits per heavy atom. The first-order chi connectivity index (χ1) is 7.74. The number of fused-ring (bicyclic) bond motifs is 1. The summed E-state index contributed by atoms with van der Waals surface area (Å²) in [5.41, 5.74) is 5.92. The molecule has 1 aliphatic heterocycles. The molecule has 1 heterocycles. The van der Waals surface area contributed by atoms with Crippen LogP contribution in [0.2, 0.25) is 0 Å². The largest absolute Gasteiger partial charge is 0.485 e. The molecule has 0 radical (unpaired) electrons. The fourth-order valence-electron chi connectivity index (χ4n) is 1.59. The number of rotatable bonds is 3. The number of nitrogens with two attached hydrogens (primary N) is 1. The molecule has 0 unspecified atom stereocenters. The maximum Gasteiger partial charge on any atom is 0.176 e. The molecular weight excluding hydrogens is 274 g/mol. The van der Waals surface area contributed by atoms with E-state index >= 15 is 0 Å². The fraction of sp³-hybridized carbons (Fsp3) is 0.364. The van der Waals surface area contributed by atoms with Crippen molar-refractivity contribution in [3.05, 3.63) is 22.2 Å². The summed E-state index contributed by atoms with van der Waals surface area (Å²) in [6.45, 7) is 1.30. The average Bonchev–Trinajstić information content (AvgIpc) is 2.30. The van der Waals surface area contributed by atoms with E-state index in [1.807, 2.05) is 0 Å². The van der Waals surface area contributed by atoms with Gasteiger partial charge in [-0.1, -0.05) is 0 Å². The Balaban J connectivity index is 2.42. The summed E-state index contributed by atoms with van der Waals surface area (Å²) in [6, 6.07) is 3.52. The summed E-state index contributed by atoms with van der Waals surface area (Å²) in [5, 5.41) is 0. The summed E-state index contributed by atoms with van der Waals surface area (Å²) >= 11 is 3.36. The summed E-state index contributed by atoms with van der Waals surface area (Å²) in [7, 11) is 0. The minimum Gasteiger partial charge on any atom is -0.485 e. The zero-order valence-electron chi connectivity index (χ0n) is 8.66. The monoisotopic (exact) mass is 285 g/mol. The van der Waals surface area contributed by atoms with E-state index in [9.17, 15) is 4.79 Å². The lowest BCUT2D eigenvalue weighted by Gasteiger charge is -2.21. The number of Topliss-reactive ketones (excluding diaryl/α,β-unsaturated/α-hetero) is 1. The Morgan fingerprint density at radius 2 is 2.00 bits per heavy atom. The van der Waals surface area contributed by atoms with Gasteiger partial charge in [0.1, 0.15) is 13.2 Å². The van der Waals surface area contributed by atoms with E-state index in [4.69, 9.17) is 15.2 Å². The van der Waals surface area contributed by atoms with Crippen molar-refractivity contribution in [2.24, 2.45) is 5.73 Å². The normalized spacial score (nSPS) is 13.6. The Kier molecular flexibility index (Phi) is 3.46. The topological polar surface area (TPSA) is 61.6 Å². The molecule has 1 aromatic rings. The van der Waals surface area contributed by atoms with Crippen LogP contribution in [0.5, 0.6) is 11.5 Å². The molecule has 0 saturated heterocycles. The van der Waals surface area contributed by atoms with Gasteiger partial charge < -0.3 is 15.2 Å². The first-order valence-corrected chi connectivity index (χ1v) is 5.84. The molecule has 16 heavy (non-hydrogen) atoms. The van der Waals surface area contributed by atoms with Crippen molar-refractivity contribution in [2.75, 3.05) is 19.8 Å². The quantitative estimate of drug-likeness (QED) is 0.860. The summed E-state index contributed by atoms with van der Waals surface area (Å²) in [4.78, 5) is 11.8. The Labute approximate surface area is 102 Å². The fourth-order valence-corrected chi connectivity index (χ4v) is 2.02. The smallest absolute Gasteiger partial charge is 0.176 e. The standard InChI is InChI=1S/C11H12BrNO3/c12-8-2-1-7(9(14)3-4-13)10-11(8)16-6-5-15-10/h1-2H,3-6,13H2. The zero-order valence-corrected chi connectivity index (χ0v) is 10.2. The number of benzene rings is 1. The van der Waals surface area contributed by atoms with E-state index in [-0.39, 0.29) is 5.78 Å². The van der Waals surface area contributed by atoms with Crippen molar-refractivity contribution in [3.63, 3.8) is 0 Å². The number of hydrogen-bond donors (Lipinski definition) is 1. The van der Waals surface area contributed by atoms with Crippen LogP contribution >= 0.6 is 15.9 Å². The van der Waals surface area contributed by atoms with Crippen LogP contribution in [-0.2, 0) is 0 Å². The van der Waals surface area contributed by atoms with Gasteiger partial charge in [-0.2, -0.15) is 0 Å². The minimum absolute atomic E-state index is 0.0169. The molecule has 0 aliphatic carbocycles. The molecule has 1 aromatic carbocycles. The number of ether oxygens (including phenoxy) is 2. The van der Waals surface area contributed by atoms with Gasteiger partial charge in [0.05, 0.1) is 10.0 Å². The lowest BCUT2D eigenvalue weighted by Crippen LogP contribution is -2.19. The minimum atomic E-state index is -0.0169. The first-order valence-electron chi connectivity index (χ1n) is 5.05. The Morgan fingerprint density at radius 3 is 2.69 bits per heavy atom. The van der Waals surface area contributed by atoms with Crippen LogP contribution in [0, 0.1) is 0 Å².